The molecule has 0 saturated heterocycles. The van der Waals surface area contributed by atoms with Gasteiger partial charge in [0.2, 0.25) is 0 Å². The average molecular weight is 607 g/mol. The highest BCUT2D eigenvalue weighted by Crippen LogP contribution is 2.40. The molecule has 0 amide bonds. The van der Waals surface area contributed by atoms with Gasteiger partial charge in [0.15, 0.2) is 0 Å². The summed E-state index contributed by atoms with van der Waals surface area (Å²) in [5.74, 6) is 0.579. The van der Waals surface area contributed by atoms with Crippen LogP contribution >= 0.6 is 0 Å². The van der Waals surface area contributed by atoms with Gasteiger partial charge in [-0.05, 0) is 108 Å². The Labute approximate surface area is 277 Å². The van der Waals surface area contributed by atoms with Crippen molar-refractivity contribution < 1.29 is 0 Å². The van der Waals surface area contributed by atoms with Crippen LogP contribution in [0.15, 0.2) is 145 Å². The molecule has 0 bridgehead atoms. The summed E-state index contributed by atoms with van der Waals surface area (Å²) in [5, 5.41) is 0. The SMILES string of the molecule is CC(C)(C)c1ccc(N(c2ccccc2)c2ccc(C3=CC=C(N(C4=CCC(C(C)(C)C)C=C4)C4C=CC=CC4)CC3)cc2)cc1. The van der Waals surface area contributed by atoms with Gasteiger partial charge in [-0.1, -0.05) is 127 Å². The summed E-state index contributed by atoms with van der Waals surface area (Å²) in [5.41, 5.74) is 10.7. The molecule has 0 heterocycles. The minimum absolute atomic E-state index is 0.125. The molecule has 0 radical (unpaired) electrons. The highest BCUT2D eigenvalue weighted by atomic mass is 15.2. The van der Waals surface area contributed by atoms with Gasteiger partial charge in [-0.3, -0.25) is 0 Å². The molecule has 0 aromatic heterocycles. The molecule has 2 heteroatoms. The van der Waals surface area contributed by atoms with Gasteiger partial charge >= 0.3 is 0 Å². The highest BCUT2D eigenvalue weighted by molar-refractivity contribution is 5.78. The standard InChI is InChI=1S/C44H50N2/c1-43(2,3)35-21-29-41(30-22-35)45(37-13-9-7-10-14-37)39-25-17-33(18-26-39)34-19-27-40(28-20-34)46(38-15-11-8-12-16-38)42-31-23-36(24-32-42)44(4,5)6/h7-15,17-19,21-23,25-27,29-32,36,38H,16,20,24,28H2,1-6H3. The zero-order valence-corrected chi connectivity index (χ0v) is 28.6. The van der Waals surface area contributed by atoms with Crippen LogP contribution in [0.2, 0.25) is 0 Å². The lowest BCUT2D eigenvalue weighted by Gasteiger charge is -2.39. The molecule has 3 aromatic rings. The molecule has 0 N–H and O–H groups in total. The van der Waals surface area contributed by atoms with Gasteiger partial charge < -0.3 is 9.80 Å². The monoisotopic (exact) mass is 606 g/mol. The Morgan fingerprint density at radius 1 is 0.652 bits per heavy atom. The van der Waals surface area contributed by atoms with Crippen molar-refractivity contribution in [2.75, 3.05) is 4.90 Å². The zero-order chi connectivity index (χ0) is 32.3. The van der Waals surface area contributed by atoms with E-state index in [-0.39, 0.29) is 10.8 Å². The molecular weight excluding hydrogens is 556 g/mol. The molecule has 0 saturated carbocycles. The maximum absolute atomic E-state index is 2.59. The molecule has 0 fully saturated rings. The van der Waals surface area contributed by atoms with Crippen molar-refractivity contribution in [1.82, 2.24) is 4.90 Å². The van der Waals surface area contributed by atoms with Crippen LogP contribution in [0.4, 0.5) is 17.1 Å². The van der Waals surface area contributed by atoms with Gasteiger partial charge in [-0.2, -0.15) is 0 Å². The van der Waals surface area contributed by atoms with E-state index in [0.29, 0.717) is 12.0 Å². The van der Waals surface area contributed by atoms with Crippen LogP contribution in [0.25, 0.3) is 5.57 Å². The third-order valence-corrected chi connectivity index (χ3v) is 9.70. The molecule has 0 aliphatic heterocycles. The van der Waals surface area contributed by atoms with Crippen LogP contribution in [-0.2, 0) is 5.41 Å². The second-order valence-corrected chi connectivity index (χ2v) is 15.0. The Balaban J connectivity index is 1.26. The Bertz CT molecular complexity index is 1680. The first-order chi connectivity index (χ1) is 22.1. The molecule has 6 rings (SSSR count). The average Bonchev–Trinajstić information content (AvgIpc) is 3.06. The predicted octanol–water partition coefficient (Wildman–Crippen LogP) is 12.2. The molecule has 46 heavy (non-hydrogen) atoms. The normalized spacial score (nSPS) is 19.7. The third kappa shape index (κ3) is 7.07. The van der Waals surface area contributed by atoms with Crippen molar-refractivity contribution in [3.8, 4) is 0 Å². The van der Waals surface area contributed by atoms with Gasteiger partial charge in [-0.15, -0.1) is 0 Å². The summed E-state index contributed by atoms with van der Waals surface area (Å²) < 4.78 is 0. The zero-order valence-electron chi connectivity index (χ0n) is 28.6. The Morgan fingerprint density at radius 3 is 1.87 bits per heavy atom. The van der Waals surface area contributed by atoms with E-state index >= 15 is 0 Å². The van der Waals surface area contributed by atoms with Crippen molar-refractivity contribution in [2.45, 2.75) is 78.7 Å². The minimum atomic E-state index is 0.125. The first-order valence-electron chi connectivity index (χ1n) is 17.0. The first-order valence-corrected chi connectivity index (χ1v) is 17.0. The molecule has 2 unspecified atom stereocenters. The van der Waals surface area contributed by atoms with Gasteiger partial charge in [0.05, 0.1) is 6.04 Å². The van der Waals surface area contributed by atoms with Crippen molar-refractivity contribution >= 4 is 22.6 Å². The van der Waals surface area contributed by atoms with Crippen LogP contribution in [0.5, 0.6) is 0 Å². The largest absolute Gasteiger partial charge is 0.338 e. The molecular formula is C44H50N2. The molecule has 236 valence electrons. The Morgan fingerprint density at radius 2 is 1.33 bits per heavy atom. The summed E-state index contributed by atoms with van der Waals surface area (Å²) in [7, 11) is 0. The lowest BCUT2D eigenvalue weighted by atomic mass is 9.77. The van der Waals surface area contributed by atoms with Gasteiger partial charge in [0.1, 0.15) is 0 Å². The van der Waals surface area contributed by atoms with Crippen LogP contribution in [0.3, 0.4) is 0 Å². The van der Waals surface area contributed by atoms with E-state index in [4.69, 9.17) is 0 Å². The topological polar surface area (TPSA) is 6.48 Å². The maximum Gasteiger partial charge on any atom is 0.0556 e. The highest BCUT2D eigenvalue weighted by Gasteiger charge is 2.28. The quantitative estimate of drug-likeness (QED) is 0.264. The van der Waals surface area contributed by atoms with E-state index in [1.165, 1.54) is 39.5 Å². The van der Waals surface area contributed by atoms with E-state index in [2.05, 4.69) is 185 Å². The first kappa shape index (κ1) is 31.7. The van der Waals surface area contributed by atoms with Gasteiger partial charge in [0.25, 0.3) is 0 Å². The van der Waals surface area contributed by atoms with Crippen molar-refractivity contribution in [1.29, 1.82) is 0 Å². The number of hydrogen-bond donors (Lipinski definition) is 0. The van der Waals surface area contributed by atoms with Crippen molar-refractivity contribution in [2.24, 2.45) is 11.3 Å². The number of anilines is 3. The summed E-state index contributed by atoms with van der Waals surface area (Å²) in [6.07, 6.45) is 25.2. The van der Waals surface area contributed by atoms with E-state index < -0.39 is 0 Å². The number of nitrogens with zero attached hydrogens (tertiary/aromatic N) is 2. The molecule has 2 nitrogen and oxygen atoms in total. The summed E-state index contributed by atoms with van der Waals surface area (Å²) in [4.78, 5) is 4.94. The van der Waals surface area contributed by atoms with Crippen LogP contribution in [0.1, 0.15) is 78.4 Å². The fraction of sp³-hybridized carbons (Fsp3) is 0.318. The fourth-order valence-corrected chi connectivity index (χ4v) is 6.79. The lowest BCUT2D eigenvalue weighted by Crippen LogP contribution is -2.34. The molecule has 3 aromatic carbocycles. The molecule has 3 aliphatic carbocycles. The van der Waals surface area contributed by atoms with E-state index in [0.717, 1.165) is 31.4 Å². The smallest absolute Gasteiger partial charge is 0.0556 e. The number of para-hydroxylation sites is 1. The molecule has 2 atom stereocenters. The number of allylic oxidation sites excluding steroid dienone is 9. The van der Waals surface area contributed by atoms with Crippen molar-refractivity contribution in [3.63, 3.8) is 0 Å². The van der Waals surface area contributed by atoms with E-state index in [1.54, 1.807) is 0 Å². The fourth-order valence-electron chi connectivity index (χ4n) is 6.79. The molecule has 0 spiro atoms. The second-order valence-electron chi connectivity index (χ2n) is 15.0. The number of hydrogen-bond acceptors (Lipinski definition) is 2. The summed E-state index contributed by atoms with van der Waals surface area (Å²) in [6, 6.07) is 29.2. The molecule has 3 aliphatic rings. The van der Waals surface area contributed by atoms with Crippen molar-refractivity contribution in [3.05, 3.63) is 156 Å². The maximum atomic E-state index is 2.59. The number of benzene rings is 3. The third-order valence-electron chi connectivity index (χ3n) is 9.70. The summed E-state index contributed by atoms with van der Waals surface area (Å²) in [6.45, 7) is 13.8. The number of rotatable bonds is 7. The Kier molecular flexibility index (Phi) is 9.09. The Hall–Kier alpha value is -4.30. The van der Waals surface area contributed by atoms with E-state index in [9.17, 15) is 0 Å². The van der Waals surface area contributed by atoms with Crippen LogP contribution < -0.4 is 4.90 Å². The lowest BCUT2D eigenvalue weighted by molar-refractivity contribution is 0.286. The van der Waals surface area contributed by atoms with Gasteiger partial charge in [-0.25, -0.2) is 0 Å². The summed E-state index contributed by atoms with van der Waals surface area (Å²) >= 11 is 0. The van der Waals surface area contributed by atoms with Crippen LogP contribution in [0, 0.1) is 11.3 Å². The van der Waals surface area contributed by atoms with E-state index in [1.807, 2.05) is 0 Å². The second kappa shape index (κ2) is 13.2. The van der Waals surface area contributed by atoms with Gasteiger partial charge in [0, 0.05) is 28.5 Å². The predicted molar refractivity (Wildman–Crippen MR) is 198 cm³/mol. The minimum Gasteiger partial charge on any atom is -0.338 e. The van der Waals surface area contributed by atoms with Crippen LogP contribution in [-0.4, -0.2) is 10.9 Å².